The fourth-order valence-electron chi connectivity index (χ4n) is 2.07. The van der Waals surface area contributed by atoms with Crippen molar-refractivity contribution in [3.05, 3.63) is 59.2 Å². The first kappa shape index (κ1) is 20.3. The fraction of sp³-hybridized carbons (Fsp3) is 0.368. The molecule has 2 rings (SSSR count). The number of aromatic nitrogens is 2. The van der Waals surface area contributed by atoms with Gasteiger partial charge in [-0.15, -0.1) is 0 Å². The van der Waals surface area contributed by atoms with Gasteiger partial charge in [-0.2, -0.15) is 0 Å². The van der Waals surface area contributed by atoms with Gasteiger partial charge < -0.3 is 10.2 Å². The molecule has 25 heavy (non-hydrogen) atoms. The molecular formula is C19H24N2O4. The molecule has 0 amide bonds. The van der Waals surface area contributed by atoms with E-state index in [9.17, 15) is 9.59 Å². The SMILES string of the molecule is CCCCc1ccc(C(=O)O)nc1.CCCc1ccc(C(=O)O)nc1. The summed E-state index contributed by atoms with van der Waals surface area (Å²) in [7, 11) is 0. The zero-order chi connectivity index (χ0) is 18.7. The lowest BCUT2D eigenvalue weighted by atomic mass is 10.1. The van der Waals surface area contributed by atoms with Gasteiger partial charge in [0, 0.05) is 12.4 Å². The Bertz CT molecular complexity index is 667. The average Bonchev–Trinajstić information content (AvgIpc) is 2.61. The van der Waals surface area contributed by atoms with Crippen LogP contribution in [0.15, 0.2) is 36.7 Å². The highest BCUT2D eigenvalue weighted by molar-refractivity contribution is 5.85. The van der Waals surface area contributed by atoms with E-state index in [0.717, 1.165) is 43.2 Å². The van der Waals surface area contributed by atoms with Gasteiger partial charge in [-0.1, -0.05) is 38.8 Å². The Kier molecular flexibility index (Phi) is 8.85. The minimum absolute atomic E-state index is 0.106. The minimum atomic E-state index is -0.974. The van der Waals surface area contributed by atoms with Crippen molar-refractivity contribution < 1.29 is 19.8 Å². The second kappa shape index (κ2) is 10.9. The van der Waals surface area contributed by atoms with Gasteiger partial charge in [0.1, 0.15) is 11.4 Å². The van der Waals surface area contributed by atoms with Crippen molar-refractivity contribution >= 4 is 11.9 Å². The van der Waals surface area contributed by atoms with Gasteiger partial charge in [0.2, 0.25) is 0 Å². The van der Waals surface area contributed by atoms with Crippen LogP contribution in [0.4, 0.5) is 0 Å². The Morgan fingerprint density at radius 3 is 1.60 bits per heavy atom. The quantitative estimate of drug-likeness (QED) is 0.791. The highest BCUT2D eigenvalue weighted by Gasteiger charge is 2.03. The van der Waals surface area contributed by atoms with E-state index in [1.807, 2.05) is 6.07 Å². The molecule has 2 N–H and O–H groups in total. The van der Waals surface area contributed by atoms with Gasteiger partial charge >= 0.3 is 11.9 Å². The van der Waals surface area contributed by atoms with Crippen LogP contribution in [0.1, 0.15) is 65.2 Å². The molecule has 0 atom stereocenters. The molecule has 0 radical (unpaired) electrons. The maximum Gasteiger partial charge on any atom is 0.354 e. The zero-order valence-electron chi connectivity index (χ0n) is 14.6. The van der Waals surface area contributed by atoms with Gasteiger partial charge in [0.05, 0.1) is 0 Å². The molecule has 2 heterocycles. The molecule has 0 saturated carbocycles. The number of rotatable bonds is 7. The summed E-state index contributed by atoms with van der Waals surface area (Å²) in [5.41, 5.74) is 2.41. The van der Waals surface area contributed by atoms with E-state index in [0.29, 0.717) is 0 Å². The van der Waals surface area contributed by atoms with Crippen LogP contribution in [0.5, 0.6) is 0 Å². The van der Waals surface area contributed by atoms with Crippen molar-refractivity contribution in [1.82, 2.24) is 9.97 Å². The van der Waals surface area contributed by atoms with E-state index in [1.54, 1.807) is 24.5 Å². The number of aryl methyl sites for hydroxylation is 2. The summed E-state index contributed by atoms with van der Waals surface area (Å²) in [6.07, 6.45) is 8.49. The van der Waals surface area contributed by atoms with Crippen molar-refractivity contribution in [2.24, 2.45) is 0 Å². The second-order valence-corrected chi connectivity index (χ2v) is 5.57. The Morgan fingerprint density at radius 1 is 0.800 bits per heavy atom. The van der Waals surface area contributed by atoms with Crippen molar-refractivity contribution in [2.45, 2.75) is 46.0 Å². The number of pyridine rings is 2. The van der Waals surface area contributed by atoms with Crippen molar-refractivity contribution in [1.29, 1.82) is 0 Å². The molecule has 0 aliphatic carbocycles. The van der Waals surface area contributed by atoms with Crippen LogP contribution < -0.4 is 0 Å². The largest absolute Gasteiger partial charge is 0.477 e. The number of hydrogen-bond acceptors (Lipinski definition) is 4. The molecule has 134 valence electrons. The van der Waals surface area contributed by atoms with Crippen LogP contribution in [0.3, 0.4) is 0 Å². The number of aromatic carboxylic acids is 2. The highest BCUT2D eigenvalue weighted by atomic mass is 16.4. The molecule has 0 aliphatic rings. The normalized spacial score (nSPS) is 9.84. The molecule has 0 saturated heterocycles. The maximum absolute atomic E-state index is 10.5. The van der Waals surface area contributed by atoms with Crippen LogP contribution in [0.2, 0.25) is 0 Å². The van der Waals surface area contributed by atoms with Gasteiger partial charge in [-0.25, -0.2) is 19.6 Å². The summed E-state index contributed by atoms with van der Waals surface area (Å²) in [5.74, 6) is -1.94. The molecule has 0 aliphatic heterocycles. The van der Waals surface area contributed by atoms with E-state index >= 15 is 0 Å². The van der Waals surface area contributed by atoms with Crippen LogP contribution in [-0.4, -0.2) is 32.1 Å². The van der Waals surface area contributed by atoms with Crippen LogP contribution in [0, 0.1) is 0 Å². The molecular weight excluding hydrogens is 320 g/mol. The summed E-state index contributed by atoms with van der Waals surface area (Å²) >= 11 is 0. The van der Waals surface area contributed by atoms with Gasteiger partial charge in [0.25, 0.3) is 0 Å². The fourth-order valence-corrected chi connectivity index (χ4v) is 2.07. The predicted octanol–water partition coefficient (Wildman–Crippen LogP) is 3.85. The number of nitrogens with zero attached hydrogens (tertiary/aromatic N) is 2. The standard InChI is InChI=1S/C10H13NO2.C9H11NO2/c1-2-3-4-8-5-6-9(10(12)13)11-7-8;1-2-3-7-4-5-8(9(11)12)10-6-7/h5-7H,2-4H2,1H3,(H,12,13);4-6H,2-3H2,1H3,(H,11,12). The van der Waals surface area contributed by atoms with E-state index in [1.165, 1.54) is 6.07 Å². The zero-order valence-corrected chi connectivity index (χ0v) is 14.6. The van der Waals surface area contributed by atoms with Crippen LogP contribution in [0.25, 0.3) is 0 Å². The summed E-state index contributed by atoms with van der Waals surface area (Å²) < 4.78 is 0. The summed E-state index contributed by atoms with van der Waals surface area (Å²) in [6, 6.07) is 6.72. The van der Waals surface area contributed by atoms with Gasteiger partial charge in [0.15, 0.2) is 0 Å². The number of carbonyl (C=O) groups is 2. The molecule has 0 bridgehead atoms. The average molecular weight is 344 g/mol. The Labute approximate surface area is 147 Å². The lowest BCUT2D eigenvalue weighted by Gasteiger charge is -1.98. The molecule has 6 heteroatoms. The first-order valence-corrected chi connectivity index (χ1v) is 8.34. The molecule has 2 aromatic rings. The Morgan fingerprint density at radius 2 is 1.28 bits per heavy atom. The van der Waals surface area contributed by atoms with E-state index in [2.05, 4.69) is 23.8 Å². The first-order chi connectivity index (χ1) is 12.0. The van der Waals surface area contributed by atoms with E-state index < -0.39 is 11.9 Å². The van der Waals surface area contributed by atoms with E-state index in [4.69, 9.17) is 10.2 Å². The minimum Gasteiger partial charge on any atom is -0.477 e. The van der Waals surface area contributed by atoms with Gasteiger partial charge in [-0.3, -0.25) is 0 Å². The topological polar surface area (TPSA) is 100 Å². The Balaban J connectivity index is 0.000000251. The van der Waals surface area contributed by atoms with Crippen molar-refractivity contribution in [3.63, 3.8) is 0 Å². The van der Waals surface area contributed by atoms with Crippen molar-refractivity contribution in [3.8, 4) is 0 Å². The maximum atomic E-state index is 10.5. The number of hydrogen-bond donors (Lipinski definition) is 2. The first-order valence-electron chi connectivity index (χ1n) is 8.34. The Hall–Kier alpha value is -2.76. The predicted molar refractivity (Wildman–Crippen MR) is 95.0 cm³/mol. The highest BCUT2D eigenvalue weighted by Crippen LogP contribution is 2.05. The second-order valence-electron chi connectivity index (χ2n) is 5.57. The van der Waals surface area contributed by atoms with Crippen LogP contribution >= 0.6 is 0 Å². The third-order valence-corrected chi connectivity index (χ3v) is 3.45. The van der Waals surface area contributed by atoms with Gasteiger partial charge in [-0.05, 0) is 42.5 Å². The van der Waals surface area contributed by atoms with Crippen LogP contribution in [-0.2, 0) is 12.8 Å². The lowest BCUT2D eigenvalue weighted by Crippen LogP contribution is -2.00. The molecule has 0 unspecified atom stereocenters. The lowest BCUT2D eigenvalue weighted by molar-refractivity contribution is 0.0680. The number of unbranched alkanes of at least 4 members (excludes halogenated alkanes) is 1. The smallest absolute Gasteiger partial charge is 0.354 e. The molecule has 6 nitrogen and oxygen atoms in total. The number of carboxylic acids is 2. The summed E-state index contributed by atoms with van der Waals surface area (Å²) in [4.78, 5) is 28.5. The summed E-state index contributed by atoms with van der Waals surface area (Å²) in [5, 5.41) is 17.1. The third kappa shape index (κ3) is 7.56. The van der Waals surface area contributed by atoms with Crippen molar-refractivity contribution in [2.75, 3.05) is 0 Å². The monoisotopic (exact) mass is 344 g/mol. The molecule has 2 aromatic heterocycles. The molecule has 0 aromatic carbocycles. The summed E-state index contributed by atoms with van der Waals surface area (Å²) in [6.45, 7) is 4.20. The van der Waals surface area contributed by atoms with E-state index in [-0.39, 0.29) is 11.4 Å². The number of carboxylic acid groups (broad SMARTS) is 2. The molecule has 0 fully saturated rings. The third-order valence-electron chi connectivity index (χ3n) is 3.45. The molecule has 0 spiro atoms.